The maximum Gasteiger partial charge on any atom is 0.0622 e. The Labute approximate surface area is 83.2 Å². The van der Waals surface area contributed by atoms with Crippen LogP contribution in [0.5, 0.6) is 0 Å². The van der Waals surface area contributed by atoms with Crippen molar-refractivity contribution in [1.82, 2.24) is 0 Å². The van der Waals surface area contributed by atoms with Crippen LogP contribution in [0.15, 0.2) is 12.2 Å². The number of hydrogen-bond donors (Lipinski definition) is 0. The molecule has 0 rings (SSSR count). The minimum atomic E-state index is 0.0365. The van der Waals surface area contributed by atoms with Crippen LogP contribution in [-0.2, 0) is 4.74 Å². The van der Waals surface area contributed by atoms with E-state index >= 15 is 0 Å². The third kappa shape index (κ3) is 5.87. The lowest BCUT2D eigenvalue weighted by Crippen LogP contribution is -2.22. The third-order valence-corrected chi connectivity index (χ3v) is 2.81. The molecule has 0 aromatic rings. The molecule has 0 N–H and O–H groups in total. The first-order valence-electron chi connectivity index (χ1n) is 5.09. The molecular weight excluding hydrogens is 160 g/mol. The van der Waals surface area contributed by atoms with Crippen molar-refractivity contribution >= 4 is 0 Å². The summed E-state index contributed by atoms with van der Waals surface area (Å²) < 4.78 is 5.36. The summed E-state index contributed by atoms with van der Waals surface area (Å²) >= 11 is 0. The second-order valence-corrected chi connectivity index (χ2v) is 4.60. The molecule has 0 spiro atoms. The highest BCUT2D eigenvalue weighted by atomic mass is 16.5. The van der Waals surface area contributed by atoms with Crippen LogP contribution in [0.2, 0.25) is 0 Å². The number of methoxy groups -OCH3 is 1. The van der Waals surface area contributed by atoms with Crippen LogP contribution in [0, 0.1) is 5.92 Å². The average Bonchev–Trinajstić information content (AvgIpc) is 2.04. The normalized spacial score (nSPS) is 14.2. The zero-order valence-electron chi connectivity index (χ0n) is 9.81. The Kier molecular flexibility index (Phi) is 5.31. The fourth-order valence-electron chi connectivity index (χ4n) is 1.18. The molecule has 0 bridgehead atoms. The van der Waals surface area contributed by atoms with Gasteiger partial charge in [-0.2, -0.15) is 0 Å². The average molecular weight is 184 g/mol. The number of hydrogen-bond acceptors (Lipinski definition) is 1. The van der Waals surface area contributed by atoms with Crippen LogP contribution < -0.4 is 0 Å². The second-order valence-electron chi connectivity index (χ2n) is 4.60. The molecule has 1 atom stereocenters. The van der Waals surface area contributed by atoms with Gasteiger partial charge in [0.15, 0.2) is 0 Å². The van der Waals surface area contributed by atoms with Crippen LogP contribution in [0.4, 0.5) is 0 Å². The smallest absolute Gasteiger partial charge is 0.0622 e. The van der Waals surface area contributed by atoms with E-state index in [4.69, 9.17) is 4.74 Å². The molecule has 0 heterocycles. The molecule has 0 amide bonds. The molecule has 1 heteroatoms. The Morgan fingerprint density at radius 1 is 1.46 bits per heavy atom. The van der Waals surface area contributed by atoms with Crippen molar-refractivity contribution in [3.05, 3.63) is 12.2 Å². The molecule has 0 saturated carbocycles. The molecular formula is C12H24O. The Hall–Kier alpha value is -0.300. The highest BCUT2D eigenvalue weighted by Gasteiger charge is 2.15. The van der Waals surface area contributed by atoms with Gasteiger partial charge in [0.25, 0.3) is 0 Å². The quantitative estimate of drug-likeness (QED) is 0.571. The van der Waals surface area contributed by atoms with Gasteiger partial charge in [-0.1, -0.05) is 25.5 Å². The maximum absolute atomic E-state index is 5.36. The van der Waals surface area contributed by atoms with Crippen LogP contribution >= 0.6 is 0 Å². The Morgan fingerprint density at radius 2 is 2.00 bits per heavy atom. The largest absolute Gasteiger partial charge is 0.379 e. The predicted octanol–water partition coefficient (Wildman–Crippen LogP) is 3.79. The topological polar surface area (TPSA) is 9.23 Å². The molecule has 0 fully saturated rings. The molecule has 0 saturated heterocycles. The molecule has 78 valence electrons. The second kappa shape index (κ2) is 5.43. The lowest BCUT2D eigenvalue weighted by atomic mass is 9.93. The Morgan fingerprint density at radius 3 is 2.38 bits per heavy atom. The minimum absolute atomic E-state index is 0.0365. The van der Waals surface area contributed by atoms with Gasteiger partial charge in [-0.25, -0.2) is 0 Å². The highest BCUT2D eigenvalue weighted by molar-refractivity contribution is 4.93. The van der Waals surface area contributed by atoms with E-state index < -0.39 is 0 Å². The van der Waals surface area contributed by atoms with E-state index in [0.29, 0.717) is 5.92 Å². The summed E-state index contributed by atoms with van der Waals surface area (Å²) in [4.78, 5) is 0. The van der Waals surface area contributed by atoms with E-state index in [1.165, 1.54) is 18.4 Å². The zero-order chi connectivity index (χ0) is 10.5. The van der Waals surface area contributed by atoms with Crippen LogP contribution in [0.1, 0.15) is 47.0 Å². The molecule has 0 aromatic carbocycles. The van der Waals surface area contributed by atoms with Crippen molar-refractivity contribution in [3.63, 3.8) is 0 Å². The van der Waals surface area contributed by atoms with Gasteiger partial charge >= 0.3 is 0 Å². The third-order valence-electron chi connectivity index (χ3n) is 2.81. The molecule has 1 nitrogen and oxygen atoms in total. The Bertz CT molecular complexity index is 159. The van der Waals surface area contributed by atoms with Gasteiger partial charge in [-0.15, -0.1) is 0 Å². The van der Waals surface area contributed by atoms with E-state index in [9.17, 15) is 0 Å². The molecule has 0 aliphatic heterocycles. The number of allylic oxidation sites excluding steroid dienone is 1. The van der Waals surface area contributed by atoms with Gasteiger partial charge in [0.05, 0.1) is 5.60 Å². The summed E-state index contributed by atoms with van der Waals surface area (Å²) in [6.07, 6.45) is 3.57. The fraction of sp³-hybridized carbons (Fsp3) is 0.833. The van der Waals surface area contributed by atoms with Crippen LogP contribution in [0.3, 0.4) is 0 Å². The molecule has 13 heavy (non-hydrogen) atoms. The van der Waals surface area contributed by atoms with Crippen molar-refractivity contribution in [1.29, 1.82) is 0 Å². The Balaban J connectivity index is 3.62. The van der Waals surface area contributed by atoms with E-state index in [1.54, 1.807) is 7.11 Å². The summed E-state index contributed by atoms with van der Waals surface area (Å²) in [6.45, 7) is 12.6. The van der Waals surface area contributed by atoms with Crippen molar-refractivity contribution in [2.24, 2.45) is 5.92 Å². The molecule has 0 radical (unpaired) electrons. The summed E-state index contributed by atoms with van der Waals surface area (Å²) in [5, 5.41) is 0. The van der Waals surface area contributed by atoms with Crippen molar-refractivity contribution in [2.45, 2.75) is 52.6 Å². The van der Waals surface area contributed by atoms with Crippen molar-refractivity contribution < 1.29 is 4.74 Å². The first kappa shape index (κ1) is 12.7. The molecule has 0 aliphatic carbocycles. The zero-order valence-corrected chi connectivity index (χ0v) is 9.81. The van der Waals surface area contributed by atoms with E-state index in [1.807, 2.05) is 0 Å². The summed E-state index contributed by atoms with van der Waals surface area (Å²) in [5.74, 6) is 0.646. The van der Waals surface area contributed by atoms with Crippen LogP contribution in [-0.4, -0.2) is 12.7 Å². The SMILES string of the molecule is C=C(C)C(C)CCCC(C)(C)OC. The summed E-state index contributed by atoms with van der Waals surface area (Å²) in [7, 11) is 1.78. The lowest BCUT2D eigenvalue weighted by molar-refractivity contribution is 0.0130. The number of rotatable bonds is 6. The first-order valence-corrected chi connectivity index (χ1v) is 5.09. The van der Waals surface area contributed by atoms with Gasteiger partial charge in [-0.3, -0.25) is 0 Å². The minimum Gasteiger partial charge on any atom is -0.379 e. The van der Waals surface area contributed by atoms with Gasteiger partial charge in [0, 0.05) is 7.11 Å². The molecule has 0 aliphatic rings. The lowest BCUT2D eigenvalue weighted by Gasteiger charge is -2.23. The fourth-order valence-corrected chi connectivity index (χ4v) is 1.18. The molecule has 0 aromatic heterocycles. The first-order chi connectivity index (χ1) is 5.89. The van der Waals surface area contributed by atoms with Gasteiger partial charge in [-0.05, 0) is 39.5 Å². The van der Waals surface area contributed by atoms with E-state index in [-0.39, 0.29) is 5.60 Å². The molecule has 1 unspecified atom stereocenters. The van der Waals surface area contributed by atoms with Gasteiger partial charge in [0.2, 0.25) is 0 Å². The van der Waals surface area contributed by atoms with Crippen LogP contribution in [0.25, 0.3) is 0 Å². The highest BCUT2D eigenvalue weighted by Crippen LogP contribution is 2.21. The van der Waals surface area contributed by atoms with E-state index in [2.05, 4.69) is 34.3 Å². The maximum atomic E-state index is 5.36. The summed E-state index contributed by atoms with van der Waals surface area (Å²) in [6, 6.07) is 0. The number of ether oxygens (including phenoxy) is 1. The predicted molar refractivity (Wildman–Crippen MR) is 58.9 cm³/mol. The monoisotopic (exact) mass is 184 g/mol. The van der Waals surface area contributed by atoms with Crippen molar-refractivity contribution in [2.75, 3.05) is 7.11 Å². The van der Waals surface area contributed by atoms with Crippen molar-refractivity contribution in [3.8, 4) is 0 Å². The van der Waals surface area contributed by atoms with Gasteiger partial charge in [0.1, 0.15) is 0 Å². The van der Waals surface area contributed by atoms with Gasteiger partial charge < -0.3 is 4.74 Å². The van der Waals surface area contributed by atoms with E-state index in [0.717, 1.165) is 6.42 Å². The summed E-state index contributed by atoms with van der Waals surface area (Å²) in [5.41, 5.74) is 1.32. The standard InChI is InChI=1S/C12H24O/c1-10(2)11(3)8-7-9-12(4,5)13-6/h11H,1,7-9H2,2-6H3.